The molecule has 0 aromatic heterocycles. The summed E-state index contributed by atoms with van der Waals surface area (Å²) in [4.78, 5) is 11.4. The fraction of sp³-hybridized carbons (Fsp3) is 0.364. The molecule has 0 saturated heterocycles. The average molecular weight is 269 g/mol. The van der Waals surface area contributed by atoms with Gasteiger partial charge < -0.3 is 11.1 Å². The first-order valence-corrected chi connectivity index (χ1v) is 5.72. The van der Waals surface area contributed by atoms with Crippen molar-refractivity contribution in [3.63, 3.8) is 0 Å². The van der Waals surface area contributed by atoms with Crippen LogP contribution in [-0.2, 0) is 4.79 Å². The van der Waals surface area contributed by atoms with Crippen molar-refractivity contribution in [1.29, 1.82) is 0 Å². The predicted molar refractivity (Wildman–Crippen MR) is 63.8 cm³/mol. The lowest BCUT2D eigenvalue weighted by Crippen LogP contribution is -2.32. The zero-order valence-electron chi connectivity index (χ0n) is 8.46. The highest BCUT2D eigenvalue weighted by Gasteiger charge is 2.28. The number of halogens is 1. The second-order valence-electron chi connectivity index (χ2n) is 3.97. The Morgan fingerprint density at radius 1 is 1.60 bits per heavy atom. The Kier molecular flexibility index (Phi) is 2.69. The highest BCUT2D eigenvalue weighted by molar-refractivity contribution is 9.10. The summed E-state index contributed by atoms with van der Waals surface area (Å²) in [5, 5.41) is 3.34. The first-order valence-electron chi connectivity index (χ1n) is 4.93. The van der Waals surface area contributed by atoms with E-state index in [1.807, 2.05) is 18.2 Å². The number of rotatable bonds is 1. The van der Waals surface area contributed by atoms with E-state index in [0.29, 0.717) is 0 Å². The number of carbonyl (C=O) groups excluding carboxylic acids is 1. The molecule has 0 radical (unpaired) electrons. The molecule has 1 aliphatic heterocycles. The molecule has 0 fully saturated rings. The number of hydrogen-bond acceptors (Lipinski definition) is 2. The molecule has 0 saturated carbocycles. The summed E-state index contributed by atoms with van der Waals surface area (Å²) in [6, 6.07) is 6.19. The van der Waals surface area contributed by atoms with E-state index >= 15 is 0 Å². The maximum Gasteiger partial charge on any atom is 0.225 e. The van der Waals surface area contributed by atoms with Crippen molar-refractivity contribution in [1.82, 2.24) is 0 Å². The van der Waals surface area contributed by atoms with Crippen LogP contribution < -0.4 is 11.1 Å². The van der Waals surface area contributed by atoms with Gasteiger partial charge in [-0.1, -0.05) is 15.9 Å². The molecule has 3 N–H and O–H groups in total. The SMILES string of the molecule is CC1CC(C(N)=O)c2cc(Br)ccc2N1. The highest BCUT2D eigenvalue weighted by atomic mass is 79.9. The van der Waals surface area contributed by atoms with Crippen LogP contribution in [0.4, 0.5) is 5.69 Å². The van der Waals surface area contributed by atoms with Crippen molar-refractivity contribution in [2.45, 2.75) is 25.3 Å². The van der Waals surface area contributed by atoms with Crippen LogP contribution in [0.2, 0.25) is 0 Å². The van der Waals surface area contributed by atoms with Gasteiger partial charge in [-0.15, -0.1) is 0 Å². The van der Waals surface area contributed by atoms with Crippen LogP contribution in [0.25, 0.3) is 0 Å². The van der Waals surface area contributed by atoms with Crippen LogP contribution in [0.15, 0.2) is 22.7 Å². The van der Waals surface area contributed by atoms with E-state index in [-0.39, 0.29) is 17.9 Å². The zero-order chi connectivity index (χ0) is 11.0. The Hall–Kier alpha value is -1.03. The first-order chi connectivity index (χ1) is 7.08. The number of fused-ring (bicyclic) bond motifs is 1. The van der Waals surface area contributed by atoms with E-state index in [0.717, 1.165) is 22.1 Å². The molecule has 1 aromatic rings. The zero-order valence-corrected chi connectivity index (χ0v) is 10.0. The number of primary amides is 1. The molecule has 2 atom stereocenters. The van der Waals surface area contributed by atoms with E-state index in [9.17, 15) is 4.79 Å². The Morgan fingerprint density at radius 3 is 3.00 bits per heavy atom. The molecule has 15 heavy (non-hydrogen) atoms. The molecule has 0 aliphatic carbocycles. The molecule has 3 nitrogen and oxygen atoms in total. The molecule has 2 rings (SSSR count). The third-order valence-corrected chi connectivity index (χ3v) is 3.22. The molecule has 0 bridgehead atoms. The number of hydrogen-bond donors (Lipinski definition) is 2. The first kappa shape index (κ1) is 10.5. The van der Waals surface area contributed by atoms with Gasteiger partial charge in [0.2, 0.25) is 5.91 Å². The minimum absolute atomic E-state index is 0.172. The molecule has 2 unspecified atom stereocenters. The van der Waals surface area contributed by atoms with Crippen LogP contribution in [0.3, 0.4) is 0 Å². The van der Waals surface area contributed by atoms with Gasteiger partial charge in [-0.2, -0.15) is 0 Å². The van der Waals surface area contributed by atoms with Crippen LogP contribution in [0.5, 0.6) is 0 Å². The third kappa shape index (κ3) is 2.00. The van der Waals surface area contributed by atoms with Gasteiger partial charge in [-0.3, -0.25) is 4.79 Å². The summed E-state index contributed by atoms with van der Waals surface area (Å²) >= 11 is 3.40. The van der Waals surface area contributed by atoms with Gasteiger partial charge in [0.15, 0.2) is 0 Å². The molecule has 0 spiro atoms. The number of nitrogens with two attached hydrogens (primary N) is 1. The van der Waals surface area contributed by atoms with E-state index in [2.05, 4.69) is 28.2 Å². The maximum atomic E-state index is 11.4. The monoisotopic (exact) mass is 268 g/mol. The molecular weight excluding hydrogens is 256 g/mol. The normalized spacial score (nSPS) is 24.1. The largest absolute Gasteiger partial charge is 0.382 e. The molecule has 1 amide bonds. The summed E-state index contributed by atoms with van der Waals surface area (Å²) in [5.41, 5.74) is 7.42. The molecule has 4 heteroatoms. The second kappa shape index (κ2) is 3.85. The van der Waals surface area contributed by atoms with Gasteiger partial charge >= 0.3 is 0 Å². The predicted octanol–water partition coefficient (Wildman–Crippen LogP) is 2.22. The van der Waals surface area contributed by atoms with Crippen LogP contribution in [0, 0.1) is 0 Å². The minimum Gasteiger partial charge on any atom is -0.382 e. The van der Waals surface area contributed by atoms with Crippen molar-refractivity contribution >= 4 is 27.5 Å². The highest BCUT2D eigenvalue weighted by Crippen LogP contribution is 2.35. The van der Waals surface area contributed by atoms with Gasteiger partial charge in [0.25, 0.3) is 0 Å². The van der Waals surface area contributed by atoms with Crippen LogP contribution >= 0.6 is 15.9 Å². The lowest BCUT2D eigenvalue weighted by molar-refractivity contribution is -0.119. The van der Waals surface area contributed by atoms with Gasteiger partial charge in [0.05, 0.1) is 5.92 Å². The van der Waals surface area contributed by atoms with Crippen molar-refractivity contribution in [2.75, 3.05) is 5.32 Å². The number of anilines is 1. The number of carbonyl (C=O) groups is 1. The smallest absolute Gasteiger partial charge is 0.225 e. The van der Waals surface area contributed by atoms with Crippen LogP contribution in [0.1, 0.15) is 24.8 Å². The maximum absolute atomic E-state index is 11.4. The Balaban J connectivity index is 2.47. The average Bonchev–Trinajstić information content (AvgIpc) is 2.17. The Bertz CT molecular complexity index is 406. The summed E-state index contributed by atoms with van der Waals surface area (Å²) in [6.45, 7) is 2.06. The van der Waals surface area contributed by atoms with Crippen molar-refractivity contribution < 1.29 is 4.79 Å². The van der Waals surface area contributed by atoms with Crippen molar-refractivity contribution in [2.24, 2.45) is 5.73 Å². The molecule has 1 heterocycles. The van der Waals surface area contributed by atoms with Crippen molar-refractivity contribution in [3.8, 4) is 0 Å². The standard InChI is InChI=1S/C11H13BrN2O/c1-6-4-9(11(13)15)8-5-7(12)2-3-10(8)14-6/h2-3,5-6,9,14H,4H2,1H3,(H2,13,15). The fourth-order valence-electron chi connectivity index (χ4n) is 2.03. The number of nitrogens with one attached hydrogen (secondary N) is 1. The lowest BCUT2D eigenvalue weighted by Gasteiger charge is -2.29. The molecule has 1 aromatic carbocycles. The number of benzene rings is 1. The summed E-state index contributed by atoms with van der Waals surface area (Å²) in [6.07, 6.45) is 0.763. The van der Waals surface area contributed by atoms with E-state index in [1.165, 1.54) is 0 Å². The summed E-state index contributed by atoms with van der Waals surface area (Å²) in [5.74, 6) is -0.420. The third-order valence-electron chi connectivity index (χ3n) is 2.72. The molecule has 80 valence electrons. The van der Waals surface area contributed by atoms with Gasteiger partial charge in [-0.05, 0) is 37.1 Å². The minimum atomic E-state index is -0.247. The van der Waals surface area contributed by atoms with E-state index in [1.54, 1.807) is 0 Å². The van der Waals surface area contributed by atoms with Crippen molar-refractivity contribution in [3.05, 3.63) is 28.2 Å². The quantitative estimate of drug-likeness (QED) is 0.821. The van der Waals surface area contributed by atoms with E-state index < -0.39 is 0 Å². The number of amides is 1. The van der Waals surface area contributed by atoms with Gasteiger partial charge in [0, 0.05) is 16.2 Å². The second-order valence-corrected chi connectivity index (χ2v) is 4.88. The molecular formula is C11H13BrN2O. The van der Waals surface area contributed by atoms with Gasteiger partial charge in [-0.25, -0.2) is 0 Å². The fourth-order valence-corrected chi connectivity index (χ4v) is 2.41. The van der Waals surface area contributed by atoms with E-state index in [4.69, 9.17) is 5.73 Å². The lowest BCUT2D eigenvalue weighted by atomic mass is 9.87. The summed E-state index contributed by atoms with van der Waals surface area (Å²) < 4.78 is 0.976. The van der Waals surface area contributed by atoms with Gasteiger partial charge in [0.1, 0.15) is 0 Å². The summed E-state index contributed by atoms with van der Waals surface area (Å²) in [7, 11) is 0. The Morgan fingerprint density at radius 2 is 2.33 bits per heavy atom. The topological polar surface area (TPSA) is 55.1 Å². The van der Waals surface area contributed by atoms with Crippen LogP contribution in [-0.4, -0.2) is 11.9 Å². The molecule has 1 aliphatic rings. The Labute approximate surface area is 97.2 Å².